The molecule has 3 rings (SSSR count). The Morgan fingerprint density at radius 1 is 1.22 bits per heavy atom. The van der Waals surface area contributed by atoms with Crippen LogP contribution in [-0.4, -0.2) is 48.3 Å². The molecular weight excluding hydrogens is 292 g/mol. The quantitative estimate of drug-likeness (QED) is 0.856. The lowest BCUT2D eigenvalue weighted by Crippen LogP contribution is -2.45. The SMILES string of the molecule is Cc1cc2occ(C(=O)N3CCCC3C(=O)N(C)C)c2cc1C. The lowest BCUT2D eigenvalue weighted by Gasteiger charge is -2.26. The largest absolute Gasteiger partial charge is 0.463 e. The molecule has 1 fully saturated rings. The zero-order valence-corrected chi connectivity index (χ0v) is 14.0. The third-order valence-corrected chi connectivity index (χ3v) is 4.66. The number of rotatable bonds is 2. The Hall–Kier alpha value is -2.30. The molecule has 122 valence electrons. The molecule has 0 saturated carbocycles. The summed E-state index contributed by atoms with van der Waals surface area (Å²) in [7, 11) is 3.45. The number of carbonyl (C=O) groups is 2. The van der Waals surface area contributed by atoms with Crippen LogP contribution in [0.2, 0.25) is 0 Å². The van der Waals surface area contributed by atoms with Crippen LogP contribution in [0.4, 0.5) is 0 Å². The van der Waals surface area contributed by atoms with E-state index in [-0.39, 0.29) is 17.9 Å². The van der Waals surface area contributed by atoms with Gasteiger partial charge in [-0.1, -0.05) is 0 Å². The number of nitrogens with zero attached hydrogens (tertiary/aromatic N) is 2. The fraction of sp³-hybridized carbons (Fsp3) is 0.444. The highest BCUT2D eigenvalue weighted by Crippen LogP contribution is 2.28. The Labute approximate surface area is 135 Å². The predicted octanol–water partition coefficient (Wildman–Crippen LogP) is 2.74. The summed E-state index contributed by atoms with van der Waals surface area (Å²) >= 11 is 0. The fourth-order valence-corrected chi connectivity index (χ4v) is 3.17. The van der Waals surface area contributed by atoms with Crippen LogP contribution in [0.1, 0.15) is 34.3 Å². The predicted molar refractivity (Wildman–Crippen MR) is 88.4 cm³/mol. The number of likely N-dealkylation sites (N-methyl/N-ethyl adjacent to an activating group) is 1. The first-order chi connectivity index (χ1) is 10.9. The van der Waals surface area contributed by atoms with Crippen molar-refractivity contribution in [3.8, 4) is 0 Å². The molecule has 1 aromatic carbocycles. The summed E-state index contributed by atoms with van der Waals surface area (Å²) < 4.78 is 5.57. The summed E-state index contributed by atoms with van der Waals surface area (Å²) in [6, 6.07) is 3.57. The van der Waals surface area contributed by atoms with Crippen molar-refractivity contribution < 1.29 is 14.0 Å². The molecule has 0 bridgehead atoms. The van der Waals surface area contributed by atoms with Crippen molar-refractivity contribution in [1.29, 1.82) is 0 Å². The van der Waals surface area contributed by atoms with E-state index in [1.165, 1.54) is 6.26 Å². The molecule has 23 heavy (non-hydrogen) atoms. The van der Waals surface area contributed by atoms with Gasteiger partial charge >= 0.3 is 0 Å². The number of furan rings is 1. The normalized spacial score (nSPS) is 17.7. The van der Waals surface area contributed by atoms with Gasteiger partial charge in [-0.15, -0.1) is 0 Å². The van der Waals surface area contributed by atoms with Gasteiger partial charge in [-0.2, -0.15) is 0 Å². The second-order valence-corrected chi connectivity index (χ2v) is 6.47. The van der Waals surface area contributed by atoms with Gasteiger partial charge in [0.2, 0.25) is 5.91 Å². The minimum atomic E-state index is -0.367. The van der Waals surface area contributed by atoms with Crippen LogP contribution in [0.3, 0.4) is 0 Å². The molecule has 1 aliphatic rings. The van der Waals surface area contributed by atoms with Gasteiger partial charge in [-0.3, -0.25) is 9.59 Å². The van der Waals surface area contributed by atoms with Crippen LogP contribution in [0.5, 0.6) is 0 Å². The number of amides is 2. The summed E-state index contributed by atoms with van der Waals surface area (Å²) in [4.78, 5) is 28.5. The maximum atomic E-state index is 13.0. The lowest BCUT2D eigenvalue weighted by molar-refractivity contribution is -0.132. The summed E-state index contributed by atoms with van der Waals surface area (Å²) in [6.45, 7) is 4.65. The summed E-state index contributed by atoms with van der Waals surface area (Å²) in [5.41, 5.74) is 3.51. The zero-order valence-electron chi connectivity index (χ0n) is 14.0. The van der Waals surface area contributed by atoms with Crippen molar-refractivity contribution in [1.82, 2.24) is 9.80 Å². The molecule has 1 aromatic heterocycles. The van der Waals surface area contributed by atoms with Gasteiger partial charge in [0.1, 0.15) is 17.9 Å². The van der Waals surface area contributed by atoms with Crippen LogP contribution < -0.4 is 0 Å². The monoisotopic (exact) mass is 314 g/mol. The van der Waals surface area contributed by atoms with E-state index in [1.54, 1.807) is 23.9 Å². The molecular formula is C18H22N2O3. The Bertz CT molecular complexity index is 776. The van der Waals surface area contributed by atoms with Gasteiger partial charge in [0, 0.05) is 26.0 Å². The average Bonchev–Trinajstić information content (AvgIpc) is 3.13. The second kappa shape index (κ2) is 5.72. The standard InChI is InChI=1S/C18H22N2O3/c1-11-8-13-14(10-23-16(13)9-12(11)2)17(21)20-7-5-6-15(20)18(22)19(3)4/h8-10,15H,5-7H2,1-4H3. The molecule has 2 amide bonds. The number of aryl methyl sites for hydroxylation is 2. The molecule has 0 spiro atoms. The van der Waals surface area contributed by atoms with Crippen LogP contribution in [0.15, 0.2) is 22.8 Å². The van der Waals surface area contributed by atoms with E-state index in [9.17, 15) is 9.59 Å². The fourth-order valence-electron chi connectivity index (χ4n) is 3.17. The van der Waals surface area contributed by atoms with E-state index in [0.717, 1.165) is 29.4 Å². The van der Waals surface area contributed by atoms with Crippen molar-refractivity contribution in [3.63, 3.8) is 0 Å². The highest BCUT2D eigenvalue weighted by Gasteiger charge is 2.36. The molecule has 0 N–H and O–H groups in total. The van der Waals surface area contributed by atoms with Gasteiger partial charge in [0.25, 0.3) is 5.91 Å². The first kappa shape index (κ1) is 15.6. The first-order valence-corrected chi connectivity index (χ1v) is 7.90. The molecule has 2 aromatic rings. The smallest absolute Gasteiger partial charge is 0.258 e. The highest BCUT2D eigenvalue weighted by atomic mass is 16.3. The second-order valence-electron chi connectivity index (χ2n) is 6.47. The molecule has 5 nitrogen and oxygen atoms in total. The van der Waals surface area contributed by atoms with E-state index < -0.39 is 0 Å². The maximum absolute atomic E-state index is 13.0. The van der Waals surface area contributed by atoms with Crippen molar-refractivity contribution in [2.45, 2.75) is 32.7 Å². The van der Waals surface area contributed by atoms with Crippen molar-refractivity contribution in [2.75, 3.05) is 20.6 Å². The molecule has 0 aliphatic carbocycles. The molecule has 1 saturated heterocycles. The molecule has 1 atom stereocenters. The lowest BCUT2D eigenvalue weighted by atomic mass is 10.0. The third-order valence-electron chi connectivity index (χ3n) is 4.66. The van der Waals surface area contributed by atoms with Gasteiger partial charge < -0.3 is 14.2 Å². The number of benzene rings is 1. The maximum Gasteiger partial charge on any atom is 0.258 e. The van der Waals surface area contributed by atoms with Crippen LogP contribution in [0, 0.1) is 13.8 Å². The number of hydrogen-bond donors (Lipinski definition) is 0. The van der Waals surface area contributed by atoms with Crippen molar-refractivity contribution in [3.05, 3.63) is 35.1 Å². The topological polar surface area (TPSA) is 53.8 Å². The van der Waals surface area contributed by atoms with E-state index >= 15 is 0 Å². The van der Waals surface area contributed by atoms with E-state index in [4.69, 9.17) is 4.42 Å². The zero-order chi connectivity index (χ0) is 16.7. The average molecular weight is 314 g/mol. The minimum absolute atomic E-state index is 0.0179. The van der Waals surface area contributed by atoms with Gasteiger partial charge in [0.15, 0.2) is 0 Å². The molecule has 5 heteroatoms. The number of hydrogen-bond acceptors (Lipinski definition) is 3. The Balaban J connectivity index is 1.97. The Morgan fingerprint density at radius 3 is 2.61 bits per heavy atom. The van der Waals surface area contributed by atoms with Crippen LogP contribution >= 0.6 is 0 Å². The van der Waals surface area contributed by atoms with Crippen molar-refractivity contribution in [2.24, 2.45) is 0 Å². The summed E-state index contributed by atoms with van der Waals surface area (Å²) in [5, 5.41) is 0.820. The van der Waals surface area contributed by atoms with Gasteiger partial charge in [0.05, 0.1) is 5.56 Å². The molecule has 0 radical (unpaired) electrons. The van der Waals surface area contributed by atoms with Crippen LogP contribution in [-0.2, 0) is 4.79 Å². The number of likely N-dealkylation sites (tertiary alicyclic amines) is 1. The molecule has 1 unspecified atom stereocenters. The summed E-state index contributed by atoms with van der Waals surface area (Å²) in [5.74, 6) is -0.139. The van der Waals surface area contributed by atoms with E-state index in [2.05, 4.69) is 0 Å². The van der Waals surface area contributed by atoms with Gasteiger partial charge in [-0.05, 0) is 49.9 Å². The molecule has 1 aliphatic heterocycles. The van der Waals surface area contributed by atoms with Gasteiger partial charge in [-0.25, -0.2) is 0 Å². The number of fused-ring (bicyclic) bond motifs is 1. The van der Waals surface area contributed by atoms with E-state index in [0.29, 0.717) is 17.7 Å². The van der Waals surface area contributed by atoms with Crippen LogP contribution in [0.25, 0.3) is 11.0 Å². The Kier molecular flexibility index (Phi) is 3.88. The molecule has 2 heterocycles. The van der Waals surface area contributed by atoms with E-state index in [1.807, 2.05) is 26.0 Å². The first-order valence-electron chi connectivity index (χ1n) is 7.90. The third kappa shape index (κ3) is 2.60. The summed E-state index contributed by atoms with van der Waals surface area (Å²) in [6.07, 6.45) is 3.09. The number of carbonyl (C=O) groups excluding carboxylic acids is 2. The van der Waals surface area contributed by atoms with Crippen molar-refractivity contribution >= 4 is 22.8 Å². The Morgan fingerprint density at radius 2 is 1.91 bits per heavy atom. The minimum Gasteiger partial charge on any atom is -0.463 e. The highest BCUT2D eigenvalue weighted by molar-refractivity contribution is 6.07.